The van der Waals surface area contributed by atoms with E-state index in [-0.39, 0.29) is 10.6 Å². The maximum atomic E-state index is 13.9. The summed E-state index contributed by atoms with van der Waals surface area (Å²) in [5, 5.41) is -0.121. The number of hydrogen-bond acceptors (Lipinski definition) is 2. The molecule has 2 N–H and O–H groups in total. The Morgan fingerprint density at radius 2 is 1.95 bits per heavy atom. The van der Waals surface area contributed by atoms with Crippen LogP contribution in [0.5, 0.6) is 0 Å². The van der Waals surface area contributed by atoms with Gasteiger partial charge in [-0.05, 0) is 25.0 Å². The lowest BCUT2D eigenvalue weighted by atomic mass is 9.93. The van der Waals surface area contributed by atoms with Crippen molar-refractivity contribution in [2.45, 2.75) is 31.2 Å². The van der Waals surface area contributed by atoms with Gasteiger partial charge in [0.25, 0.3) is 5.91 Å². The number of likely N-dealkylation sites (N-methyl/N-ethyl adjacent to an activating group) is 1. The molecule has 0 radical (unpaired) electrons. The summed E-state index contributed by atoms with van der Waals surface area (Å²) in [6.07, 6.45) is 2.65. The van der Waals surface area contributed by atoms with Crippen LogP contribution in [0.25, 0.3) is 0 Å². The Morgan fingerprint density at radius 3 is 2.50 bits per heavy atom. The van der Waals surface area contributed by atoms with Crippen LogP contribution in [-0.4, -0.2) is 29.3 Å². The van der Waals surface area contributed by atoms with Crippen LogP contribution in [0, 0.1) is 5.82 Å². The first kappa shape index (κ1) is 14.8. The molecule has 2 amide bonds. The average Bonchev–Trinajstić information content (AvgIpc) is 2.91. The number of hydrogen-bond donors (Lipinski definition) is 1. The van der Waals surface area contributed by atoms with Gasteiger partial charge in [-0.3, -0.25) is 9.59 Å². The van der Waals surface area contributed by atoms with E-state index in [1.165, 1.54) is 30.1 Å². The standard InChI is InChI=1S/C14H16ClFN2O2/c1-18(14(13(17)20)7-2-3-8-14)12(19)9-5-4-6-10(15)11(9)16/h4-6H,2-3,7-8H2,1H3,(H2,17,20). The predicted molar refractivity (Wildman–Crippen MR) is 73.9 cm³/mol. The Hall–Kier alpha value is -1.62. The maximum Gasteiger partial charge on any atom is 0.257 e. The normalized spacial score (nSPS) is 16.9. The highest BCUT2D eigenvalue weighted by molar-refractivity contribution is 6.31. The van der Waals surface area contributed by atoms with Crippen molar-refractivity contribution in [2.75, 3.05) is 7.05 Å². The van der Waals surface area contributed by atoms with Crippen molar-refractivity contribution in [3.05, 3.63) is 34.6 Å². The lowest BCUT2D eigenvalue weighted by molar-refractivity contribution is -0.127. The van der Waals surface area contributed by atoms with Gasteiger partial charge in [-0.2, -0.15) is 0 Å². The number of carbonyl (C=O) groups excluding carboxylic acids is 2. The van der Waals surface area contributed by atoms with Gasteiger partial charge in [-0.15, -0.1) is 0 Å². The Balaban J connectivity index is 2.37. The number of carbonyl (C=O) groups is 2. The predicted octanol–water partition coefficient (Wildman–Crippen LogP) is 2.35. The van der Waals surface area contributed by atoms with Gasteiger partial charge in [0.05, 0.1) is 10.6 Å². The van der Waals surface area contributed by atoms with Crippen LogP contribution >= 0.6 is 11.6 Å². The number of benzene rings is 1. The fourth-order valence-electron chi connectivity index (χ4n) is 2.75. The molecule has 0 saturated heterocycles. The lowest BCUT2D eigenvalue weighted by Gasteiger charge is -2.36. The Morgan fingerprint density at radius 1 is 1.35 bits per heavy atom. The Bertz CT molecular complexity index is 556. The fraction of sp³-hybridized carbons (Fsp3) is 0.429. The molecular weight excluding hydrogens is 283 g/mol. The third-order valence-corrected chi connectivity index (χ3v) is 4.31. The largest absolute Gasteiger partial charge is 0.368 e. The van der Waals surface area contributed by atoms with E-state index in [2.05, 4.69) is 0 Å². The van der Waals surface area contributed by atoms with E-state index < -0.39 is 23.2 Å². The van der Waals surface area contributed by atoms with Crippen LogP contribution in [-0.2, 0) is 4.79 Å². The fourth-order valence-corrected chi connectivity index (χ4v) is 2.93. The van der Waals surface area contributed by atoms with Crippen LogP contribution in [0.1, 0.15) is 36.0 Å². The molecule has 2 rings (SSSR count). The zero-order valence-electron chi connectivity index (χ0n) is 11.2. The lowest BCUT2D eigenvalue weighted by Crippen LogP contribution is -2.56. The SMILES string of the molecule is CN(C(=O)c1cccc(Cl)c1F)C1(C(N)=O)CCCC1. The van der Waals surface area contributed by atoms with Crippen molar-refractivity contribution >= 4 is 23.4 Å². The molecule has 0 unspecified atom stereocenters. The quantitative estimate of drug-likeness (QED) is 0.931. The van der Waals surface area contributed by atoms with Gasteiger partial charge in [-0.1, -0.05) is 30.5 Å². The molecular formula is C14H16ClFN2O2. The molecule has 1 aliphatic rings. The van der Waals surface area contributed by atoms with Gasteiger partial charge < -0.3 is 10.6 Å². The molecule has 0 aromatic heterocycles. The molecule has 0 atom stereocenters. The summed E-state index contributed by atoms with van der Waals surface area (Å²) in [6, 6.07) is 4.22. The molecule has 0 spiro atoms. The summed E-state index contributed by atoms with van der Waals surface area (Å²) < 4.78 is 13.9. The molecule has 1 aromatic rings. The topological polar surface area (TPSA) is 63.4 Å². The zero-order chi connectivity index (χ0) is 14.9. The maximum absolute atomic E-state index is 13.9. The molecule has 20 heavy (non-hydrogen) atoms. The van der Waals surface area contributed by atoms with Gasteiger partial charge in [0, 0.05) is 7.05 Å². The van der Waals surface area contributed by atoms with Crippen molar-refractivity contribution in [3.63, 3.8) is 0 Å². The summed E-state index contributed by atoms with van der Waals surface area (Å²) in [7, 11) is 1.48. The molecule has 1 fully saturated rings. The molecule has 1 aliphatic carbocycles. The van der Waals surface area contributed by atoms with E-state index in [1.54, 1.807) is 0 Å². The average molecular weight is 299 g/mol. The van der Waals surface area contributed by atoms with Crippen LogP contribution in [0.4, 0.5) is 4.39 Å². The first-order valence-corrected chi connectivity index (χ1v) is 6.80. The van der Waals surface area contributed by atoms with E-state index in [0.717, 1.165) is 12.8 Å². The van der Waals surface area contributed by atoms with Crippen molar-refractivity contribution in [1.29, 1.82) is 0 Å². The highest BCUT2D eigenvalue weighted by atomic mass is 35.5. The molecule has 6 heteroatoms. The van der Waals surface area contributed by atoms with E-state index in [9.17, 15) is 14.0 Å². The number of amides is 2. The second kappa shape index (κ2) is 5.40. The third kappa shape index (κ3) is 2.26. The highest BCUT2D eigenvalue weighted by Gasteiger charge is 2.45. The van der Waals surface area contributed by atoms with Crippen LogP contribution in [0.15, 0.2) is 18.2 Å². The minimum absolute atomic E-state index is 0.121. The number of halogens is 2. The van der Waals surface area contributed by atoms with Gasteiger partial charge in [-0.25, -0.2) is 4.39 Å². The van der Waals surface area contributed by atoms with Crippen LogP contribution < -0.4 is 5.73 Å². The van der Waals surface area contributed by atoms with Crippen molar-refractivity contribution in [3.8, 4) is 0 Å². The summed E-state index contributed by atoms with van der Waals surface area (Å²) in [6.45, 7) is 0. The third-order valence-electron chi connectivity index (χ3n) is 4.02. The number of primary amides is 1. The molecule has 0 bridgehead atoms. The summed E-state index contributed by atoms with van der Waals surface area (Å²) in [4.78, 5) is 25.5. The molecule has 1 aromatic carbocycles. The van der Waals surface area contributed by atoms with Gasteiger partial charge >= 0.3 is 0 Å². The number of rotatable bonds is 3. The van der Waals surface area contributed by atoms with Crippen LogP contribution in [0.3, 0.4) is 0 Å². The highest BCUT2D eigenvalue weighted by Crippen LogP contribution is 2.35. The molecule has 1 saturated carbocycles. The smallest absolute Gasteiger partial charge is 0.257 e. The molecule has 4 nitrogen and oxygen atoms in total. The molecule has 0 heterocycles. The monoisotopic (exact) mass is 298 g/mol. The van der Waals surface area contributed by atoms with Crippen molar-refractivity contribution in [2.24, 2.45) is 5.73 Å². The first-order chi connectivity index (χ1) is 9.40. The van der Waals surface area contributed by atoms with E-state index in [0.29, 0.717) is 12.8 Å². The van der Waals surface area contributed by atoms with Gasteiger partial charge in [0.1, 0.15) is 5.54 Å². The zero-order valence-corrected chi connectivity index (χ0v) is 11.9. The second-order valence-electron chi connectivity index (χ2n) is 5.07. The van der Waals surface area contributed by atoms with E-state index >= 15 is 0 Å². The van der Waals surface area contributed by atoms with Gasteiger partial charge in [0.2, 0.25) is 5.91 Å². The van der Waals surface area contributed by atoms with Gasteiger partial charge in [0.15, 0.2) is 5.82 Å². The van der Waals surface area contributed by atoms with E-state index in [4.69, 9.17) is 17.3 Å². The molecule has 108 valence electrons. The Labute approximate surface area is 121 Å². The Kier molecular flexibility index (Phi) is 3.99. The second-order valence-corrected chi connectivity index (χ2v) is 5.48. The van der Waals surface area contributed by atoms with Crippen LogP contribution in [0.2, 0.25) is 5.02 Å². The first-order valence-electron chi connectivity index (χ1n) is 6.42. The summed E-state index contributed by atoms with van der Waals surface area (Å²) >= 11 is 5.68. The minimum atomic E-state index is -1.02. The summed E-state index contributed by atoms with van der Waals surface area (Å²) in [5.74, 6) is -1.90. The number of nitrogens with zero attached hydrogens (tertiary/aromatic N) is 1. The van der Waals surface area contributed by atoms with Crippen molar-refractivity contribution < 1.29 is 14.0 Å². The summed E-state index contributed by atoms with van der Waals surface area (Å²) in [5.41, 5.74) is 4.30. The van der Waals surface area contributed by atoms with E-state index in [1.807, 2.05) is 0 Å². The number of nitrogens with two attached hydrogens (primary N) is 1. The minimum Gasteiger partial charge on any atom is -0.368 e. The molecule has 0 aliphatic heterocycles. The van der Waals surface area contributed by atoms with Crippen molar-refractivity contribution in [1.82, 2.24) is 4.90 Å².